The van der Waals surface area contributed by atoms with Crippen molar-refractivity contribution in [1.82, 2.24) is 4.98 Å². The van der Waals surface area contributed by atoms with Gasteiger partial charge in [0, 0.05) is 23.6 Å². The average molecular weight is 266 g/mol. The number of aromatic nitrogens is 1. The average Bonchev–Trinajstić information content (AvgIpc) is 2.38. The molecular weight excluding hydrogens is 257 g/mol. The number of carbonyl (C=O) groups is 1. The smallest absolute Gasteiger partial charge is 0.255 e. The molecule has 1 N–H and O–H groups in total. The Bertz CT molecular complexity index is 621. The summed E-state index contributed by atoms with van der Waals surface area (Å²) in [5, 5.41) is 2.47. The molecule has 1 aromatic heterocycles. The summed E-state index contributed by atoms with van der Waals surface area (Å²) in [7, 11) is 0. The number of nitrogens with zero attached hydrogens (tertiary/aromatic N) is 1. The van der Waals surface area contributed by atoms with Gasteiger partial charge in [0.15, 0.2) is 17.5 Å². The van der Waals surface area contributed by atoms with Crippen LogP contribution in [0.1, 0.15) is 15.9 Å². The van der Waals surface area contributed by atoms with E-state index in [4.69, 9.17) is 0 Å². The Kier molecular flexibility index (Phi) is 3.50. The number of hydrogen-bond acceptors (Lipinski definition) is 2. The van der Waals surface area contributed by atoms with Gasteiger partial charge in [-0.3, -0.25) is 9.78 Å². The van der Waals surface area contributed by atoms with Crippen LogP contribution in [0.5, 0.6) is 0 Å². The molecule has 0 aliphatic carbocycles. The molecule has 0 radical (unpaired) electrons. The summed E-state index contributed by atoms with van der Waals surface area (Å²) in [6.07, 6.45) is 3.00. The van der Waals surface area contributed by atoms with Crippen molar-refractivity contribution in [3.63, 3.8) is 0 Å². The van der Waals surface area contributed by atoms with Crippen molar-refractivity contribution in [3.05, 3.63) is 59.2 Å². The molecule has 1 amide bonds. The molecule has 6 heteroatoms. The summed E-state index contributed by atoms with van der Waals surface area (Å²) in [6, 6.07) is 2.83. The first-order valence-electron chi connectivity index (χ1n) is 5.35. The third-order valence-electron chi connectivity index (χ3n) is 2.51. The monoisotopic (exact) mass is 266 g/mol. The standard InChI is InChI=1S/C13H9F3N2O/c1-7-6-17-3-2-11(7)18-13(19)8-4-9(14)12(16)10(15)5-8/h2-6H,1H3,(H,17,18,19). The minimum atomic E-state index is -1.60. The van der Waals surface area contributed by atoms with Crippen LogP contribution in [-0.2, 0) is 0 Å². The third-order valence-corrected chi connectivity index (χ3v) is 2.51. The topological polar surface area (TPSA) is 42.0 Å². The third kappa shape index (κ3) is 2.73. The molecule has 0 atom stereocenters. The number of nitrogens with one attached hydrogen (secondary N) is 1. The van der Waals surface area contributed by atoms with Crippen LogP contribution < -0.4 is 5.32 Å². The summed E-state index contributed by atoms with van der Waals surface area (Å²) in [6.45, 7) is 1.72. The first-order chi connectivity index (χ1) is 8.99. The second-order valence-corrected chi connectivity index (χ2v) is 3.90. The van der Waals surface area contributed by atoms with Crippen molar-refractivity contribution in [1.29, 1.82) is 0 Å². The first kappa shape index (κ1) is 13.1. The van der Waals surface area contributed by atoms with E-state index in [2.05, 4.69) is 10.3 Å². The van der Waals surface area contributed by atoms with Gasteiger partial charge in [-0.2, -0.15) is 0 Å². The molecule has 0 bridgehead atoms. The maximum Gasteiger partial charge on any atom is 0.255 e. The van der Waals surface area contributed by atoms with Crippen LogP contribution in [0, 0.1) is 24.4 Å². The van der Waals surface area contributed by atoms with E-state index in [0.29, 0.717) is 23.4 Å². The van der Waals surface area contributed by atoms with Crippen molar-refractivity contribution in [2.45, 2.75) is 6.92 Å². The lowest BCUT2D eigenvalue weighted by Gasteiger charge is -2.08. The maximum atomic E-state index is 13.0. The van der Waals surface area contributed by atoms with Crippen LogP contribution in [0.25, 0.3) is 0 Å². The van der Waals surface area contributed by atoms with Gasteiger partial charge in [-0.15, -0.1) is 0 Å². The Hall–Kier alpha value is -2.37. The van der Waals surface area contributed by atoms with Gasteiger partial charge in [0.1, 0.15) is 0 Å². The lowest BCUT2D eigenvalue weighted by atomic mass is 10.1. The zero-order valence-corrected chi connectivity index (χ0v) is 9.88. The van der Waals surface area contributed by atoms with E-state index in [1.165, 1.54) is 12.4 Å². The predicted octanol–water partition coefficient (Wildman–Crippen LogP) is 3.06. The molecule has 19 heavy (non-hydrogen) atoms. The van der Waals surface area contributed by atoms with Gasteiger partial charge < -0.3 is 5.32 Å². The number of rotatable bonds is 2. The number of hydrogen-bond donors (Lipinski definition) is 1. The molecule has 3 nitrogen and oxygen atoms in total. The Morgan fingerprint density at radius 1 is 1.21 bits per heavy atom. The van der Waals surface area contributed by atoms with Crippen LogP contribution in [0.3, 0.4) is 0 Å². The van der Waals surface area contributed by atoms with E-state index in [1.54, 1.807) is 13.0 Å². The largest absolute Gasteiger partial charge is 0.322 e. The second-order valence-electron chi connectivity index (χ2n) is 3.90. The molecule has 1 aromatic carbocycles. The molecule has 0 spiro atoms. The van der Waals surface area contributed by atoms with E-state index in [0.717, 1.165) is 0 Å². The molecule has 0 unspecified atom stereocenters. The van der Waals surface area contributed by atoms with E-state index in [1.807, 2.05) is 0 Å². The molecule has 0 fully saturated rings. The Morgan fingerprint density at radius 3 is 2.42 bits per heavy atom. The van der Waals surface area contributed by atoms with Crippen LogP contribution in [0.4, 0.5) is 18.9 Å². The maximum absolute atomic E-state index is 13.0. The van der Waals surface area contributed by atoms with Crippen LogP contribution in [-0.4, -0.2) is 10.9 Å². The molecule has 0 saturated carbocycles. The van der Waals surface area contributed by atoms with Crippen LogP contribution >= 0.6 is 0 Å². The van der Waals surface area contributed by atoms with Gasteiger partial charge in [0.25, 0.3) is 5.91 Å². The van der Waals surface area contributed by atoms with Crippen molar-refractivity contribution < 1.29 is 18.0 Å². The van der Waals surface area contributed by atoms with E-state index in [9.17, 15) is 18.0 Å². The molecule has 2 rings (SSSR count). The fourth-order valence-electron chi connectivity index (χ4n) is 1.49. The number of carbonyl (C=O) groups excluding carboxylic acids is 1. The first-order valence-corrected chi connectivity index (χ1v) is 5.35. The van der Waals surface area contributed by atoms with Crippen molar-refractivity contribution in [2.24, 2.45) is 0 Å². The fourth-order valence-corrected chi connectivity index (χ4v) is 1.49. The van der Waals surface area contributed by atoms with Crippen LogP contribution in [0.15, 0.2) is 30.6 Å². The van der Waals surface area contributed by atoms with Crippen LogP contribution in [0.2, 0.25) is 0 Å². The summed E-state index contributed by atoms with van der Waals surface area (Å²) < 4.78 is 38.8. The number of pyridine rings is 1. The number of benzene rings is 1. The Morgan fingerprint density at radius 2 is 1.84 bits per heavy atom. The lowest BCUT2D eigenvalue weighted by molar-refractivity contribution is 0.102. The molecule has 0 aliphatic heterocycles. The number of aryl methyl sites for hydroxylation is 1. The number of amides is 1. The van der Waals surface area contributed by atoms with Gasteiger partial charge in [-0.05, 0) is 30.7 Å². The zero-order chi connectivity index (χ0) is 14.0. The highest BCUT2D eigenvalue weighted by atomic mass is 19.2. The van der Waals surface area contributed by atoms with Gasteiger partial charge in [-0.1, -0.05) is 0 Å². The van der Waals surface area contributed by atoms with Gasteiger partial charge in [-0.25, -0.2) is 13.2 Å². The van der Waals surface area contributed by atoms with Crippen molar-refractivity contribution in [3.8, 4) is 0 Å². The molecule has 1 heterocycles. The van der Waals surface area contributed by atoms with Gasteiger partial charge in [0.05, 0.1) is 0 Å². The van der Waals surface area contributed by atoms with E-state index in [-0.39, 0.29) is 5.56 Å². The van der Waals surface area contributed by atoms with Gasteiger partial charge >= 0.3 is 0 Å². The molecule has 0 aliphatic rings. The van der Waals surface area contributed by atoms with E-state index < -0.39 is 23.4 Å². The van der Waals surface area contributed by atoms with Crippen molar-refractivity contribution in [2.75, 3.05) is 5.32 Å². The summed E-state index contributed by atoms with van der Waals surface area (Å²) in [5.41, 5.74) is 0.858. The SMILES string of the molecule is Cc1cnccc1NC(=O)c1cc(F)c(F)c(F)c1. The predicted molar refractivity (Wildman–Crippen MR) is 63.2 cm³/mol. The quantitative estimate of drug-likeness (QED) is 0.849. The molecule has 98 valence electrons. The summed E-state index contributed by atoms with van der Waals surface area (Å²) >= 11 is 0. The Labute approximate surface area is 107 Å². The number of halogens is 3. The highest BCUT2D eigenvalue weighted by Gasteiger charge is 2.15. The van der Waals surface area contributed by atoms with E-state index >= 15 is 0 Å². The normalized spacial score (nSPS) is 10.3. The molecule has 2 aromatic rings. The fraction of sp³-hybridized carbons (Fsp3) is 0.0769. The van der Waals surface area contributed by atoms with Gasteiger partial charge in [0.2, 0.25) is 0 Å². The van der Waals surface area contributed by atoms with Crippen molar-refractivity contribution >= 4 is 11.6 Å². The minimum absolute atomic E-state index is 0.299. The highest BCUT2D eigenvalue weighted by molar-refractivity contribution is 6.04. The Balaban J connectivity index is 2.28. The minimum Gasteiger partial charge on any atom is -0.322 e. The summed E-state index contributed by atoms with van der Waals surface area (Å²) in [5.74, 6) is -5.14. The number of anilines is 1. The summed E-state index contributed by atoms with van der Waals surface area (Å²) in [4.78, 5) is 15.6. The zero-order valence-electron chi connectivity index (χ0n) is 9.88. The molecule has 0 saturated heterocycles. The second kappa shape index (κ2) is 5.09. The highest BCUT2D eigenvalue weighted by Crippen LogP contribution is 2.17. The lowest BCUT2D eigenvalue weighted by Crippen LogP contribution is -2.14. The molecular formula is C13H9F3N2O.